The molecule has 0 radical (unpaired) electrons. The van der Waals surface area contributed by atoms with Crippen LogP contribution < -0.4 is 10.5 Å². The molecule has 2 atom stereocenters. The van der Waals surface area contributed by atoms with Crippen LogP contribution in [0.4, 0.5) is 11.4 Å². The first-order valence-electron chi connectivity index (χ1n) is 7.37. The van der Waals surface area contributed by atoms with E-state index in [4.69, 9.17) is 9.88 Å². The second kappa shape index (κ2) is 6.81. The highest BCUT2D eigenvalue weighted by molar-refractivity contribution is 7.89. The van der Waals surface area contributed by atoms with Crippen LogP contribution in [0.1, 0.15) is 26.7 Å². The van der Waals surface area contributed by atoms with Gasteiger partial charge in [0.1, 0.15) is 5.69 Å². The maximum Gasteiger partial charge on any atom is 0.293 e. The van der Waals surface area contributed by atoms with E-state index in [1.807, 2.05) is 13.8 Å². The highest BCUT2D eigenvalue weighted by Crippen LogP contribution is 2.29. The van der Waals surface area contributed by atoms with Crippen molar-refractivity contribution in [2.45, 2.75) is 43.8 Å². The Kier molecular flexibility index (Phi) is 5.23. The molecule has 128 valence electrons. The second-order valence-corrected chi connectivity index (χ2v) is 7.52. The van der Waals surface area contributed by atoms with Crippen LogP contribution in [0.5, 0.6) is 0 Å². The van der Waals surface area contributed by atoms with E-state index in [1.54, 1.807) is 0 Å². The van der Waals surface area contributed by atoms with Crippen molar-refractivity contribution in [1.82, 2.24) is 0 Å². The quantitative estimate of drug-likeness (QED) is 0.621. The van der Waals surface area contributed by atoms with Gasteiger partial charge in [0, 0.05) is 12.6 Å². The zero-order chi connectivity index (χ0) is 17.2. The summed E-state index contributed by atoms with van der Waals surface area (Å²) in [4.78, 5) is 10.3. The Hall–Kier alpha value is -1.71. The lowest BCUT2D eigenvalue weighted by Crippen LogP contribution is -2.32. The van der Waals surface area contributed by atoms with Crippen molar-refractivity contribution < 1.29 is 18.1 Å². The maximum atomic E-state index is 11.3. The minimum absolute atomic E-state index is 0.158. The van der Waals surface area contributed by atoms with Crippen molar-refractivity contribution >= 4 is 21.4 Å². The number of nitro benzene ring substituents is 1. The molecule has 9 heteroatoms. The molecule has 0 aliphatic carbocycles. The SMILES string of the molecule is CC1CC(CNc2ccc(S(N)(=O)=O)cc2[N+](=O)[O-])CC(C)O1. The molecule has 23 heavy (non-hydrogen) atoms. The summed E-state index contributed by atoms with van der Waals surface area (Å²) in [6.07, 6.45) is 2.07. The van der Waals surface area contributed by atoms with E-state index in [0.29, 0.717) is 12.5 Å². The van der Waals surface area contributed by atoms with Gasteiger partial charge in [-0.3, -0.25) is 10.1 Å². The van der Waals surface area contributed by atoms with Gasteiger partial charge in [-0.05, 0) is 44.7 Å². The first-order valence-corrected chi connectivity index (χ1v) is 8.92. The van der Waals surface area contributed by atoms with Crippen LogP contribution >= 0.6 is 0 Å². The number of nitro groups is 1. The molecule has 1 heterocycles. The van der Waals surface area contributed by atoms with Crippen LogP contribution in [0.15, 0.2) is 23.1 Å². The lowest BCUT2D eigenvalue weighted by atomic mass is 9.92. The third-order valence-electron chi connectivity index (χ3n) is 3.87. The molecule has 1 saturated heterocycles. The summed E-state index contributed by atoms with van der Waals surface area (Å²) in [5, 5.41) is 19.2. The van der Waals surface area contributed by atoms with Crippen molar-refractivity contribution in [2.75, 3.05) is 11.9 Å². The number of anilines is 1. The third-order valence-corrected chi connectivity index (χ3v) is 4.78. The van der Waals surface area contributed by atoms with Crippen molar-refractivity contribution in [3.05, 3.63) is 28.3 Å². The number of nitrogens with one attached hydrogen (secondary N) is 1. The fourth-order valence-electron chi connectivity index (χ4n) is 2.95. The molecule has 1 aromatic carbocycles. The molecule has 1 fully saturated rings. The Morgan fingerprint density at radius 1 is 1.35 bits per heavy atom. The number of hydrogen-bond donors (Lipinski definition) is 2. The minimum atomic E-state index is -3.97. The molecule has 1 aliphatic rings. The molecule has 2 unspecified atom stereocenters. The van der Waals surface area contributed by atoms with Crippen LogP contribution in [-0.4, -0.2) is 32.1 Å². The molecule has 0 bridgehead atoms. The predicted octanol–water partition coefficient (Wildman–Crippen LogP) is 1.86. The largest absolute Gasteiger partial charge is 0.379 e. The highest BCUT2D eigenvalue weighted by atomic mass is 32.2. The molecule has 0 saturated carbocycles. The lowest BCUT2D eigenvalue weighted by Gasteiger charge is -2.32. The van der Waals surface area contributed by atoms with E-state index >= 15 is 0 Å². The standard InChI is InChI=1S/C14H21N3O5S/c1-9-5-11(6-10(2)22-9)8-16-13-4-3-12(23(15,20)21)7-14(13)17(18)19/h3-4,7,9-11,16H,5-6,8H2,1-2H3,(H2,15,20,21). The van der Waals surface area contributed by atoms with Gasteiger partial charge in [0.2, 0.25) is 10.0 Å². The van der Waals surface area contributed by atoms with Gasteiger partial charge in [-0.2, -0.15) is 0 Å². The zero-order valence-electron chi connectivity index (χ0n) is 13.1. The number of ether oxygens (including phenoxy) is 1. The van der Waals surface area contributed by atoms with Gasteiger partial charge >= 0.3 is 0 Å². The van der Waals surface area contributed by atoms with Crippen molar-refractivity contribution in [3.8, 4) is 0 Å². The summed E-state index contributed by atoms with van der Waals surface area (Å²) in [5.41, 5.74) is -0.0149. The molecule has 0 aromatic heterocycles. The highest BCUT2D eigenvalue weighted by Gasteiger charge is 2.25. The molecule has 0 spiro atoms. The summed E-state index contributed by atoms with van der Waals surface area (Å²) in [6.45, 7) is 4.58. The van der Waals surface area contributed by atoms with Crippen LogP contribution in [0.25, 0.3) is 0 Å². The van der Waals surface area contributed by atoms with Crippen molar-refractivity contribution in [3.63, 3.8) is 0 Å². The van der Waals surface area contributed by atoms with Gasteiger partial charge < -0.3 is 10.1 Å². The molecule has 1 aromatic rings. The van der Waals surface area contributed by atoms with Gasteiger partial charge in [-0.25, -0.2) is 13.6 Å². The Balaban J connectivity index is 2.15. The molecule has 0 amide bonds. The number of hydrogen-bond acceptors (Lipinski definition) is 6. The molecular formula is C14H21N3O5S. The lowest BCUT2D eigenvalue weighted by molar-refractivity contribution is -0.384. The average molecular weight is 343 g/mol. The fourth-order valence-corrected chi connectivity index (χ4v) is 3.49. The van der Waals surface area contributed by atoms with Gasteiger partial charge in [0.15, 0.2) is 0 Å². The second-order valence-electron chi connectivity index (χ2n) is 5.96. The number of rotatable bonds is 5. The van der Waals surface area contributed by atoms with E-state index in [0.717, 1.165) is 18.9 Å². The maximum absolute atomic E-state index is 11.3. The van der Waals surface area contributed by atoms with Crippen LogP contribution in [0, 0.1) is 16.0 Å². The first-order chi connectivity index (χ1) is 10.7. The van der Waals surface area contributed by atoms with E-state index in [-0.39, 0.29) is 28.5 Å². The molecule has 2 rings (SSSR count). The van der Waals surface area contributed by atoms with Crippen molar-refractivity contribution in [2.24, 2.45) is 11.1 Å². The van der Waals surface area contributed by atoms with Gasteiger partial charge in [0.05, 0.1) is 22.0 Å². The van der Waals surface area contributed by atoms with E-state index in [1.165, 1.54) is 12.1 Å². The third kappa shape index (κ3) is 4.63. The molecular weight excluding hydrogens is 322 g/mol. The number of benzene rings is 1. The average Bonchev–Trinajstić information content (AvgIpc) is 2.42. The van der Waals surface area contributed by atoms with Crippen LogP contribution in [-0.2, 0) is 14.8 Å². The Morgan fingerprint density at radius 3 is 2.48 bits per heavy atom. The summed E-state index contributed by atoms with van der Waals surface area (Å²) in [6, 6.07) is 3.62. The number of nitrogens with zero attached hydrogens (tertiary/aromatic N) is 1. The van der Waals surface area contributed by atoms with E-state index < -0.39 is 14.9 Å². The molecule has 1 aliphatic heterocycles. The van der Waals surface area contributed by atoms with Gasteiger partial charge in [-0.1, -0.05) is 0 Å². The summed E-state index contributed by atoms with van der Waals surface area (Å²) < 4.78 is 28.3. The minimum Gasteiger partial charge on any atom is -0.379 e. The van der Waals surface area contributed by atoms with Gasteiger partial charge in [0.25, 0.3) is 5.69 Å². The first kappa shape index (κ1) is 17.6. The van der Waals surface area contributed by atoms with Crippen molar-refractivity contribution in [1.29, 1.82) is 0 Å². The monoisotopic (exact) mass is 343 g/mol. The summed E-state index contributed by atoms with van der Waals surface area (Å²) >= 11 is 0. The molecule has 3 N–H and O–H groups in total. The topological polar surface area (TPSA) is 125 Å². The predicted molar refractivity (Wildman–Crippen MR) is 85.7 cm³/mol. The number of nitrogens with two attached hydrogens (primary N) is 1. The van der Waals surface area contributed by atoms with E-state index in [2.05, 4.69) is 5.32 Å². The van der Waals surface area contributed by atoms with Gasteiger partial charge in [-0.15, -0.1) is 0 Å². The summed E-state index contributed by atoms with van der Waals surface area (Å²) in [7, 11) is -3.97. The van der Waals surface area contributed by atoms with Crippen LogP contribution in [0.2, 0.25) is 0 Å². The molecule has 8 nitrogen and oxygen atoms in total. The van der Waals surface area contributed by atoms with E-state index in [9.17, 15) is 18.5 Å². The number of sulfonamides is 1. The Bertz CT molecular complexity index is 682. The normalized spacial score (nSPS) is 25.1. The van der Waals surface area contributed by atoms with Crippen LogP contribution in [0.3, 0.4) is 0 Å². The Labute approximate surface area is 135 Å². The fraction of sp³-hybridized carbons (Fsp3) is 0.571. The number of primary sulfonamides is 1. The zero-order valence-corrected chi connectivity index (χ0v) is 13.9. The Morgan fingerprint density at radius 2 is 1.96 bits per heavy atom. The summed E-state index contributed by atoms with van der Waals surface area (Å²) in [5.74, 6) is 0.339. The smallest absolute Gasteiger partial charge is 0.293 e.